The zero-order chi connectivity index (χ0) is 19.0. The number of anilines is 1. The van der Waals surface area contributed by atoms with Crippen LogP contribution in [0.15, 0.2) is 42.5 Å². The van der Waals surface area contributed by atoms with Gasteiger partial charge in [-0.1, -0.05) is 0 Å². The number of hydrogen-bond donors (Lipinski definition) is 2. The van der Waals surface area contributed by atoms with Gasteiger partial charge in [-0.2, -0.15) is 0 Å². The van der Waals surface area contributed by atoms with E-state index in [4.69, 9.17) is 4.74 Å². The van der Waals surface area contributed by atoms with Gasteiger partial charge in [0, 0.05) is 17.9 Å². The Morgan fingerprint density at radius 1 is 1.11 bits per heavy atom. The highest BCUT2D eigenvalue weighted by molar-refractivity contribution is 6.22. The first-order chi connectivity index (χ1) is 13.0. The highest BCUT2D eigenvalue weighted by atomic mass is 16.5. The maximum absolute atomic E-state index is 12.6. The fourth-order valence-corrected chi connectivity index (χ4v) is 3.34. The van der Waals surface area contributed by atoms with Gasteiger partial charge in [0.15, 0.2) is 0 Å². The smallest absolute Gasteiger partial charge is 0.261 e. The van der Waals surface area contributed by atoms with Crippen LogP contribution < -0.4 is 5.32 Å². The molecule has 2 aromatic rings. The summed E-state index contributed by atoms with van der Waals surface area (Å²) in [6, 6.07) is 10.5. The Morgan fingerprint density at radius 2 is 1.85 bits per heavy atom. The molecule has 2 heterocycles. The van der Waals surface area contributed by atoms with Crippen molar-refractivity contribution in [3.05, 3.63) is 59.2 Å². The van der Waals surface area contributed by atoms with Gasteiger partial charge in [-0.05, 0) is 55.3 Å². The van der Waals surface area contributed by atoms with Gasteiger partial charge in [0.05, 0.1) is 23.8 Å². The fraction of sp³-hybridized carbons (Fsp3) is 0.250. The van der Waals surface area contributed by atoms with Crippen molar-refractivity contribution in [3.8, 4) is 5.75 Å². The number of hydrogen-bond acceptors (Lipinski definition) is 5. The van der Waals surface area contributed by atoms with E-state index >= 15 is 0 Å². The van der Waals surface area contributed by atoms with Crippen molar-refractivity contribution in [3.63, 3.8) is 0 Å². The van der Waals surface area contributed by atoms with E-state index in [1.165, 1.54) is 35.2 Å². The topological polar surface area (TPSA) is 95.9 Å². The zero-order valence-corrected chi connectivity index (χ0v) is 14.5. The second kappa shape index (κ2) is 6.85. The molecule has 4 rings (SSSR count). The highest BCUT2D eigenvalue weighted by Gasteiger charge is 2.37. The third-order valence-electron chi connectivity index (χ3n) is 4.77. The van der Waals surface area contributed by atoms with Crippen LogP contribution in [0.1, 0.15) is 43.9 Å². The summed E-state index contributed by atoms with van der Waals surface area (Å²) in [5.74, 6) is -1.00. The van der Waals surface area contributed by atoms with Gasteiger partial charge in [0.25, 0.3) is 17.7 Å². The molecule has 2 aromatic carbocycles. The Hall–Kier alpha value is -3.19. The van der Waals surface area contributed by atoms with Crippen LogP contribution in [0.4, 0.5) is 5.69 Å². The summed E-state index contributed by atoms with van der Waals surface area (Å²) in [6.07, 6.45) is 1.66. The summed E-state index contributed by atoms with van der Waals surface area (Å²) < 4.78 is 5.52. The summed E-state index contributed by atoms with van der Waals surface area (Å²) in [4.78, 5) is 38.7. The lowest BCUT2D eigenvalue weighted by atomic mass is 10.1. The van der Waals surface area contributed by atoms with Crippen molar-refractivity contribution >= 4 is 23.4 Å². The van der Waals surface area contributed by atoms with Crippen molar-refractivity contribution in [2.24, 2.45) is 0 Å². The molecular formula is C20H18N2O5. The van der Waals surface area contributed by atoms with Crippen LogP contribution in [-0.4, -0.2) is 47.0 Å². The SMILES string of the molecule is O=C(Nc1ccc2c(c1)C(=O)N(CC1CCCO1)C2=O)c1ccc(O)cc1. The molecule has 7 nitrogen and oxygen atoms in total. The van der Waals surface area contributed by atoms with Crippen molar-refractivity contribution in [2.45, 2.75) is 18.9 Å². The number of ether oxygens (including phenoxy) is 1. The second-order valence-corrected chi connectivity index (χ2v) is 6.62. The molecule has 1 atom stereocenters. The van der Waals surface area contributed by atoms with Gasteiger partial charge in [0.2, 0.25) is 0 Å². The van der Waals surface area contributed by atoms with E-state index in [2.05, 4.69) is 5.32 Å². The van der Waals surface area contributed by atoms with Gasteiger partial charge >= 0.3 is 0 Å². The van der Waals surface area contributed by atoms with E-state index < -0.39 is 0 Å². The molecule has 0 aromatic heterocycles. The van der Waals surface area contributed by atoms with E-state index in [-0.39, 0.29) is 41.7 Å². The molecule has 1 unspecified atom stereocenters. The molecule has 138 valence electrons. The minimum atomic E-state index is -0.372. The molecule has 0 saturated carbocycles. The maximum atomic E-state index is 12.6. The van der Waals surface area contributed by atoms with Crippen LogP contribution in [0.2, 0.25) is 0 Å². The minimum absolute atomic E-state index is 0.0690. The third-order valence-corrected chi connectivity index (χ3v) is 4.77. The molecule has 7 heteroatoms. The van der Waals surface area contributed by atoms with Gasteiger partial charge in [-0.15, -0.1) is 0 Å². The normalized spacial score (nSPS) is 18.7. The van der Waals surface area contributed by atoms with Crippen molar-refractivity contribution in [1.82, 2.24) is 4.90 Å². The van der Waals surface area contributed by atoms with Crippen LogP contribution in [0.25, 0.3) is 0 Å². The number of nitrogens with one attached hydrogen (secondary N) is 1. The van der Waals surface area contributed by atoms with E-state index in [0.717, 1.165) is 12.8 Å². The van der Waals surface area contributed by atoms with Crippen molar-refractivity contribution in [2.75, 3.05) is 18.5 Å². The molecule has 0 radical (unpaired) electrons. The number of carbonyl (C=O) groups excluding carboxylic acids is 3. The molecular weight excluding hydrogens is 348 g/mol. The van der Waals surface area contributed by atoms with Gasteiger partial charge in [-0.3, -0.25) is 19.3 Å². The van der Waals surface area contributed by atoms with Crippen LogP contribution in [0.3, 0.4) is 0 Å². The monoisotopic (exact) mass is 366 g/mol. The maximum Gasteiger partial charge on any atom is 0.261 e. The first kappa shape index (κ1) is 17.2. The number of phenolic OH excluding ortho intramolecular Hbond substituents is 1. The summed E-state index contributed by atoms with van der Waals surface area (Å²) in [7, 11) is 0. The Kier molecular flexibility index (Phi) is 4.37. The van der Waals surface area contributed by atoms with E-state index in [0.29, 0.717) is 23.4 Å². The average molecular weight is 366 g/mol. The second-order valence-electron chi connectivity index (χ2n) is 6.62. The molecule has 0 bridgehead atoms. The highest BCUT2D eigenvalue weighted by Crippen LogP contribution is 2.27. The third kappa shape index (κ3) is 3.29. The number of benzene rings is 2. The molecule has 0 spiro atoms. The summed E-state index contributed by atoms with van der Waals surface area (Å²) >= 11 is 0. The summed E-state index contributed by atoms with van der Waals surface area (Å²) in [5, 5.41) is 12.0. The number of phenols is 1. The quantitative estimate of drug-likeness (QED) is 0.810. The predicted octanol–water partition coefficient (Wildman–Crippen LogP) is 2.42. The number of imide groups is 1. The minimum Gasteiger partial charge on any atom is -0.508 e. The largest absolute Gasteiger partial charge is 0.508 e. The van der Waals surface area contributed by atoms with Crippen LogP contribution >= 0.6 is 0 Å². The Balaban J connectivity index is 1.52. The molecule has 2 aliphatic heterocycles. The first-order valence-corrected chi connectivity index (χ1v) is 8.75. The lowest BCUT2D eigenvalue weighted by Crippen LogP contribution is -2.36. The molecule has 2 aliphatic rings. The van der Waals surface area contributed by atoms with Crippen LogP contribution in [0.5, 0.6) is 5.75 Å². The molecule has 1 saturated heterocycles. The molecule has 27 heavy (non-hydrogen) atoms. The molecule has 0 aliphatic carbocycles. The van der Waals surface area contributed by atoms with Gasteiger partial charge in [0.1, 0.15) is 5.75 Å². The average Bonchev–Trinajstić information content (AvgIpc) is 3.25. The lowest BCUT2D eigenvalue weighted by Gasteiger charge is -2.17. The van der Waals surface area contributed by atoms with Crippen molar-refractivity contribution < 1.29 is 24.2 Å². The fourth-order valence-electron chi connectivity index (χ4n) is 3.34. The lowest BCUT2D eigenvalue weighted by molar-refractivity contribution is 0.0475. The van der Waals surface area contributed by atoms with Crippen LogP contribution in [-0.2, 0) is 4.74 Å². The van der Waals surface area contributed by atoms with E-state index in [9.17, 15) is 19.5 Å². The number of aromatic hydroxyl groups is 1. The summed E-state index contributed by atoms with van der Waals surface area (Å²) in [5.41, 5.74) is 1.41. The van der Waals surface area contributed by atoms with Gasteiger partial charge < -0.3 is 15.2 Å². The Labute approximate surface area is 155 Å². The number of rotatable bonds is 4. The zero-order valence-electron chi connectivity index (χ0n) is 14.5. The van der Waals surface area contributed by atoms with Crippen LogP contribution in [0, 0.1) is 0 Å². The standard InChI is InChI=1S/C20H18N2O5/c23-14-6-3-12(4-7-14)18(24)21-13-5-8-16-17(10-13)20(26)22(19(16)25)11-15-2-1-9-27-15/h3-8,10,15,23H,1-2,9,11H2,(H,21,24). The first-order valence-electron chi connectivity index (χ1n) is 8.75. The van der Waals surface area contributed by atoms with Crippen molar-refractivity contribution in [1.29, 1.82) is 0 Å². The van der Waals surface area contributed by atoms with Gasteiger partial charge in [-0.25, -0.2) is 0 Å². The summed E-state index contributed by atoms with van der Waals surface area (Å²) in [6.45, 7) is 0.906. The Morgan fingerprint density at radius 3 is 2.56 bits per heavy atom. The molecule has 3 amide bonds. The van der Waals surface area contributed by atoms with E-state index in [1.807, 2.05) is 0 Å². The molecule has 1 fully saturated rings. The Bertz CT molecular complexity index is 916. The number of fused-ring (bicyclic) bond motifs is 1. The predicted molar refractivity (Wildman–Crippen MR) is 96.8 cm³/mol. The number of amides is 3. The number of carbonyl (C=O) groups is 3. The number of nitrogens with zero attached hydrogens (tertiary/aromatic N) is 1. The molecule has 2 N–H and O–H groups in total. The van der Waals surface area contributed by atoms with E-state index in [1.54, 1.807) is 12.1 Å².